The molecule has 4 heteroatoms. The van der Waals surface area contributed by atoms with Crippen molar-refractivity contribution in [2.75, 3.05) is 0 Å². The van der Waals surface area contributed by atoms with Gasteiger partial charge in [0.05, 0.1) is 36.1 Å². The van der Waals surface area contributed by atoms with E-state index in [4.69, 9.17) is 0 Å². The number of aromatic nitrogens is 3. The van der Waals surface area contributed by atoms with Crippen LogP contribution in [-0.4, -0.2) is 25.7 Å². The van der Waals surface area contributed by atoms with Crippen LogP contribution in [-0.2, 0) is 0 Å². The van der Waals surface area contributed by atoms with Crippen molar-refractivity contribution >= 4 is 0 Å². The second-order valence-electron chi connectivity index (χ2n) is 7.78. The molecule has 0 bridgehead atoms. The van der Waals surface area contributed by atoms with Crippen LogP contribution in [0, 0.1) is 11.3 Å². The van der Waals surface area contributed by atoms with Gasteiger partial charge in [-0.05, 0) is 62.0 Å². The smallest absolute Gasteiger partial charge is 0.0957 e. The van der Waals surface area contributed by atoms with Gasteiger partial charge in [0.1, 0.15) is 0 Å². The van der Waals surface area contributed by atoms with Crippen LogP contribution in [0.1, 0.15) is 56.7 Å². The number of hydrogen-bond donors (Lipinski definition) is 1. The summed E-state index contributed by atoms with van der Waals surface area (Å²) in [6.07, 6.45) is 14.1. The molecule has 0 amide bonds. The van der Waals surface area contributed by atoms with E-state index in [9.17, 15) is 5.11 Å². The highest BCUT2D eigenvalue weighted by Gasteiger charge is 2.46. The maximum atomic E-state index is 10.9. The van der Waals surface area contributed by atoms with Crippen molar-refractivity contribution in [2.24, 2.45) is 11.3 Å². The molecule has 3 aliphatic rings. The molecule has 23 heavy (non-hydrogen) atoms. The van der Waals surface area contributed by atoms with Gasteiger partial charge in [0, 0.05) is 18.2 Å². The van der Waals surface area contributed by atoms with Crippen molar-refractivity contribution in [3.63, 3.8) is 0 Å². The van der Waals surface area contributed by atoms with Gasteiger partial charge in [0.2, 0.25) is 0 Å². The lowest BCUT2D eigenvalue weighted by Crippen LogP contribution is -2.28. The van der Waals surface area contributed by atoms with Gasteiger partial charge in [-0.25, -0.2) is 4.98 Å². The maximum Gasteiger partial charge on any atom is 0.0957 e. The zero-order valence-corrected chi connectivity index (χ0v) is 13.4. The van der Waals surface area contributed by atoms with Crippen molar-refractivity contribution in [1.82, 2.24) is 14.5 Å². The van der Waals surface area contributed by atoms with Crippen molar-refractivity contribution in [3.05, 3.63) is 36.5 Å². The summed E-state index contributed by atoms with van der Waals surface area (Å²) in [6.45, 7) is 0. The molecule has 5 rings (SSSR count). The monoisotopic (exact) mass is 309 g/mol. The van der Waals surface area contributed by atoms with E-state index in [1.54, 1.807) is 0 Å². The standard InChI is InChI=1S/C19H23N3O/c23-17(13-3-5-19(6-4-13)7-8-19)10-15-18-14(2-1-9-21-18)16-11-20-12-22(15)16/h1-2,9,11-13,15,17,23H,3-8,10H2. The first-order valence-corrected chi connectivity index (χ1v) is 8.91. The summed E-state index contributed by atoms with van der Waals surface area (Å²) in [7, 11) is 0. The number of aliphatic hydroxyl groups excluding tert-OH is 1. The highest BCUT2D eigenvalue weighted by atomic mass is 16.3. The number of pyridine rings is 1. The quantitative estimate of drug-likeness (QED) is 0.943. The largest absolute Gasteiger partial charge is 0.393 e. The third kappa shape index (κ3) is 2.15. The molecular formula is C19H23N3O. The number of rotatable bonds is 3. The Hall–Kier alpha value is -1.68. The molecule has 1 spiro atoms. The number of nitrogens with zero attached hydrogens (tertiary/aromatic N) is 3. The Morgan fingerprint density at radius 3 is 2.87 bits per heavy atom. The van der Waals surface area contributed by atoms with E-state index >= 15 is 0 Å². The fraction of sp³-hybridized carbons (Fsp3) is 0.579. The average Bonchev–Trinajstić information content (AvgIpc) is 3.06. The van der Waals surface area contributed by atoms with Crippen molar-refractivity contribution in [1.29, 1.82) is 0 Å². The summed E-state index contributed by atoms with van der Waals surface area (Å²) in [5.41, 5.74) is 4.09. The van der Waals surface area contributed by atoms with E-state index < -0.39 is 0 Å². The minimum Gasteiger partial charge on any atom is -0.393 e. The molecule has 2 fully saturated rings. The first-order valence-electron chi connectivity index (χ1n) is 8.91. The van der Waals surface area contributed by atoms with Gasteiger partial charge in [-0.3, -0.25) is 4.98 Å². The number of aliphatic hydroxyl groups is 1. The fourth-order valence-corrected chi connectivity index (χ4v) is 4.75. The Morgan fingerprint density at radius 1 is 1.26 bits per heavy atom. The molecule has 2 saturated carbocycles. The van der Waals surface area contributed by atoms with Crippen LogP contribution in [0.2, 0.25) is 0 Å². The van der Waals surface area contributed by atoms with Gasteiger partial charge in [0.25, 0.3) is 0 Å². The summed E-state index contributed by atoms with van der Waals surface area (Å²) in [5, 5.41) is 10.9. The molecule has 2 unspecified atom stereocenters. The highest BCUT2D eigenvalue weighted by molar-refractivity contribution is 5.66. The normalized spacial score (nSPS) is 26.0. The van der Waals surface area contributed by atoms with Gasteiger partial charge in [-0.1, -0.05) is 0 Å². The lowest BCUT2D eigenvalue weighted by molar-refractivity contribution is 0.0556. The molecule has 3 heterocycles. The summed E-state index contributed by atoms with van der Waals surface area (Å²) >= 11 is 0. The second kappa shape index (κ2) is 4.91. The second-order valence-corrected chi connectivity index (χ2v) is 7.78. The summed E-state index contributed by atoms with van der Waals surface area (Å²) in [4.78, 5) is 8.89. The number of fused-ring (bicyclic) bond motifs is 3. The van der Waals surface area contributed by atoms with Crippen LogP contribution in [0.15, 0.2) is 30.9 Å². The van der Waals surface area contributed by atoms with Crippen LogP contribution in [0.3, 0.4) is 0 Å². The molecule has 0 saturated heterocycles. The molecule has 1 aliphatic heterocycles. The Bertz CT molecular complexity index is 724. The molecule has 1 N–H and O–H groups in total. The summed E-state index contributed by atoms with van der Waals surface area (Å²) in [5.74, 6) is 0.459. The van der Waals surface area contributed by atoms with Crippen LogP contribution >= 0.6 is 0 Å². The van der Waals surface area contributed by atoms with Crippen LogP contribution in [0.4, 0.5) is 0 Å². The first kappa shape index (κ1) is 13.7. The van der Waals surface area contributed by atoms with E-state index in [2.05, 4.69) is 20.6 Å². The summed E-state index contributed by atoms with van der Waals surface area (Å²) in [6, 6.07) is 4.22. The molecule has 0 aromatic carbocycles. The van der Waals surface area contributed by atoms with Crippen LogP contribution < -0.4 is 0 Å². The van der Waals surface area contributed by atoms with Gasteiger partial charge in [0.15, 0.2) is 0 Å². The van der Waals surface area contributed by atoms with Crippen LogP contribution in [0.25, 0.3) is 11.3 Å². The Balaban J connectivity index is 1.36. The molecule has 2 aromatic heterocycles. The molecule has 2 atom stereocenters. The Morgan fingerprint density at radius 2 is 2.09 bits per heavy atom. The SMILES string of the molecule is OC(CC1c2ncccc2-c2cncn21)C1CCC2(CC1)CC2. The van der Waals surface area contributed by atoms with Crippen LogP contribution in [0.5, 0.6) is 0 Å². The molecule has 120 valence electrons. The molecule has 0 radical (unpaired) electrons. The van der Waals surface area contributed by atoms with E-state index in [0.29, 0.717) is 11.3 Å². The van der Waals surface area contributed by atoms with E-state index in [0.717, 1.165) is 17.8 Å². The summed E-state index contributed by atoms with van der Waals surface area (Å²) < 4.78 is 2.19. The van der Waals surface area contributed by atoms with Crippen molar-refractivity contribution < 1.29 is 5.11 Å². The van der Waals surface area contributed by atoms with Gasteiger partial charge >= 0.3 is 0 Å². The molecular weight excluding hydrogens is 286 g/mol. The van der Waals surface area contributed by atoms with Crippen molar-refractivity contribution in [3.8, 4) is 11.3 Å². The van der Waals surface area contributed by atoms with Gasteiger partial charge < -0.3 is 9.67 Å². The molecule has 2 aromatic rings. The van der Waals surface area contributed by atoms with Gasteiger partial charge in [-0.15, -0.1) is 0 Å². The minimum absolute atomic E-state index is 0.135. The van der Waals surface area contributed by atoms with Gasteiger partial charge in [-0.2, -0.15) is 0 Å². The maximum absolute atomic E-state index is 10.9. The zero-order chi connectivity index (χ0) is 15.4. The van der Waals surface area contributed by atoms with E-state index in [-0.39, 0.29) is 12.1 Å². The molecule has 2 aliphatic carbocycles. The topological polar surface area (TPSA) is 50.9 Å². The lowest BCUT2D eigenvalue weighted by atomic mass is 9.76. The number of imidazole rings is 1. The third-order valence-corrected chi connectivity index (χ3v) is 6.49. The zero-order valence-electron chi connectivity index (χ0n) is 13.4. The predicted molar refractivity (Wildman–Crippen MR) is 87.8 cm³/mol. The van der Waals surface area contributed by atoms with E-state index in [1.807, 2.05) is 24.8 Å². The molecule has 4 nitrogen and oxygen atoms in total. The Kier molecular flexibility index (Phi) is 2.93. The number of hydrogen-bond acceptors (Lipinski definition) is 3. The lowest BCUT2D eigenvalue weighted by Gasteiger charge is -2.32. The Labute approximate surface area is 136 Å². The minimum atomic E-state index is -0.237. The first-order chi connectivity index (χ1) is 11.3. The van der Waals surface area contributed by atoms with E-state index in [1.165, 1.54) is 44.1 Å². The third-order valence-electron chi connectivity index (χ3n) is 6.49. The van der Waals surface area contributed by atoms with Crippen molar-refractivity contribution in [2.45, 2.75) is 57.1 Å². The fourth-order valence-electron chi connectivity index (χ4n) is 4.75. The predicted octanol–water partition coefficient (Wildman–Crippen LogP) is 3.57. The highest BCUT2D eigenvalue weighted by Crippen LogP contribution is 2.57. The average molecular weight is 309 g/mol.